The van der Waals surface area contributed by atoms with Gasteiger partial charge in [0, 0.05) is 57.7 Å². The maximum Gasteiger partial charge on any atom is 0.412 e. The second kappa shape index (κ2) is 10.7. The molecule has 34 heavy (non-hydrogen) atoms. The highest BCUT2D eigenvalue weighted by Crippen LogP contribution is 2.28. The SMILES string of the molecule is CN(C)C(=O)C(c1ccccc1)N1CCN(c2ccc(NC(=O)OC(C)(C)C)c(C=N)c2)CC1. The third-order valence-corrected chi connectivity index (χ3v) is 5.66. The molecule has 0 radical (unpaired) electrons. The minimum atomic E-state index is -0.597. The molecule has 3 rings (SSSR count). The van der Waals surface area contributed by atoms with Gasteiger partial charge in [-0.05, 0) is 44.5 Å². The van der Waals surface area contributed by atoms with E-state index in [2.05, 4.69) is 15.1 Å². The number of benzene rings is 2. The third-order valence-electron chi connectivity index (χ3n) is 5.66. The van der Waals surface area contributed by atoms with E-state index in [4.69, 9.17) is 10.1 Å². The molecule has 1 saturated heterocycles. The van der Waals surface area contributed by atoms with E-state index in [-0.39, 0.29) is 11.9 Å². The van der Waals surface area contributed by atoms with E-state index >= 15 is 0 Å². The molecule has 0 aromatic heterocycles. The van der Waals surface area contributed by atoms with Crippen molar-refractivity contribution < 1.29 is 14.3 Å². The molecule has 2 aromatic carbocycles. The summed E-state index contributed by atoms with van der Waals surface area (Å²) in [5.41, 5.74) is 2.52. The van der Waals surface area contributed by atoms with Gasteiger partial charge in [-0.1, -0.05) is 30.3 Å². The van der Waals surface area contributed by atoms with Crippen LogP contribution in [0.25, 0.3) is 0 Å². The van der Waals surface area contributed by atoms with Crippen molar-refractivity contribution in [2.75, 3.05) is 50.5 Å². The van der Waals surface area contributed by atoms with Gasteiger partial charge in [-0.25, -0.2) is 4.79 Å². The number of piperazine rings is 1. The Bertz CT molecular complexity index is 1010. The van der Waals surface area contributed by atoms with Gasteiger partial charge in [0.05, 0.1) is 5.69 Å². The number of nitrogens with one attached hydrogen (secondary N) is 2. The van der Waals surface area contributed by atoms with Crippen molar-refractivity contribution in [2.24, 2.45) is 0 Å². The van der Waals surface area contributed by atoms with Crippen LogP contribution < -0.4 is 10.2 Å². The molecule has 2 aromatic rings. The van der Waals surface area contributed by atoms with Gasteiger partial charge in [0.1, 0.15) is 11.6 Å². The van der Waals surface area contributed by atoms with Crippen molar-refractivity contribution in [3.63, 3.8) is 0 Å². The first kappa shape index (κ1) is 25.2. The van der Waals surface area contributed by atoms with Gasteiger partial charge in [0.25, 0.3) is 0 Å². The van der Waals surface area contributed by atoms with Crippen molar-refractivity contribution in [1.82, 2.24) is 9.80 Å². The van der Waals surface area contributed by atoms with Gasteiger partial charge >= 0.3 is 6.09 Å². The van der Waals surface area contributed by atoms with Crippen LogP contribution in [0, 0.1) is 5.41 Å². The lowest BCUT2D eigenvalue weighted by molar-refractivity contribution is -0.134. The quantitative estimate of drug-likeness (QED) is 0.630. The van der Waals surface area contributed by atoms with Crippen LogP contribution in [0.1, 0.15) is 37.9 Å². The van der Waals surface area contributed by atoms with Crippen LogP contribution in [0.15, 0.2) is 48.5 Å². The summed E-state index contributed by atoms with van der Waals surface area (Å²) in [4.78, 5) is 31.3. The fraction of sp³-hybridized carbons (Fsp3) is 0.423. The van der Waals surface area contributed by atoms with E-state index in [1.807, 2.05) is 42.5 Å². The summed E-state index contributed by atoms with van der Waals surface area (Å²) >= 11 is 0. The number of amides is 2. The number of hydrogen-bond donors (Lipinski definition) is 2. The van der Waals surface area contributed by atoms with Crippen LogP contribution in [0.3, 0.4) is 0 Å². The predicted molar refractivity (Wildman–Crippen MR) is 136 cm³/mol. The van der Waals surface area contributed by atoms with Crippen LogP contribution in [0.5, 0.6) is 0 Å². The maximum atomic E-state index is 13.0. The molecule has 8 heteroatoms. The van der Waals surface area contributed by atoms with Crippen molar-refractivity contribution in [3.05, 3.63) is 59.7 Å². The highest BCUT2D eigenvalue weighted by molar-refractivity contribution is 5.95. The van der Waals surface area contributed by atoms with Crippen molar-refractivity contribution in [3.8, 4) is 0 Å². The topological polar surface area (TPSA) is 89.0 Å². The van der Waals surface area contributed by atoms with E-state index in [1.54, 1.807) is 45.8 Å². The molecule has 2 amide bonds. The number of anilines is 2. The number of hydrogen-bond acceptors (Lipinski definition) is 6. The van der Waals surface area contributed by atoms with Crippen molar-refractivity contribution >= 4 is 29.6 Å². The first-order valence-corrected chi connectivity index (χ1v) is 11.5. The summed E-state index contributed by atoms with van der Waals surface area (Å²) in [6.45, 7) is 8.39. The summed E-state index contributed by atoms with van der Waals surface area (Å²) in [7, 11) is 3.58. The lowest BCUT2D eigenvalue weighted by Gasteiger charge is -2.40. The summed E-state index contributed by atoms with van der Waals surface area (Å²) < 4.78 is 5.32. The molecule has 0 spiro atoms. The monoisotopic (exact) mass is 465 g/mol. The number of carbonyl (C=O) groups is 2. The number of carbonyl (C=O) groups excluding carboxylic acids is 2. The van der Waals surface area contributed by atoms with Crippen LogP contribution in [0.2, 0.25) is 0 Å². The zero-order valence-electron chi connectivity index (χ0n) is 20.7. The van der Waals surface area contributed by atoms with Crippen molar-refractivity contribution in [2.45, 2.75) is 32.4 Å². The zero-order chi connectivity index (χ0) is 24.9. The summed E-state index contributed by atoms with van der Waals surface area (Å²) in [5.74, 6) is 0.0725. The van der Waals surface area contributed by atoms with Crippen LogP contribution in [0.4, 0.5) is 16.2 Å². The number of likely N-dealkylation sites (N-methyl/N-ethyl adjacent to an activating group) is 1. The standard InChI is InChI=1S/C26H35N5O3/c1-26(2,3)34-25(33)28-22-12-11-21(17-20(22)18-27)30-13-15-31(16-14-30)23(24(32)29(4)5)19-9-7-6-8-10-19/h6-12,17-18,23,27H,13-16H2,1-5H3,(H,28,33). The van der Waals surface area contributed by atoms with Gasteiger partial charge < -0.3 is 19.9 Å². The molecule has 1 heterocycles. The van der Waals surface area contributed by atoms with E-state index in [9.17, 15) is 9.59 Å². The minimum absolute atomic E-state index is 0.0725. The molecular weight excluding hydrogens is 430 g/mol. The van der Waals surface area contributed by atoms with E-state index in [1.165, 1.54) is 6.21 Å². The molecule has 1 aliphatic heterocycles. The fourth-order valence-corrected chi connectivity index (χ4v) is 4.02. The molecule has 8 nitrogen and oxygen atoms in total. The predicted octanol–water partition coefficient (Wildman–Crippen LogP) is 3.98. The molecule has 182 valence electrons. The van der Waals surface area contributed by atoms with Gasteiger partial charge in [-0.2, -0.15) is 0 Å². The number of nitrogens with zero attached hydrogens (tertiary/aromatic N) is 3. The summed E-state index contributed by atoms with van der Waals surface area (Å²) in [5, 5.41) is 10.5. The summed E-state index contributed by atoms with van der Waals surface area (Å²) in [6, 6.07) is 15.2. The Labute approximate surface area is 202 Å². The number of ether oxygens (including phenoxy) is 1. The lowest BCUT2D eigenvalue weighted by Crippen LogP contribution is -2.51. The second-order valence-corrected chi connectivity index (χ2v) is 9.61. The van der Waals surface area contributed by atoms with Crippen LogP contribution in [-0.2, 0) is 9.53 Å². The van der Waals surface area contributed by atoms with Crippen LogP contribution in [-0.4, -0.2) is 73.9 Å². The molecule has 2 N–H and O–H groups in total. The summed E-state index contributed by atoms with van der Waals surface area (Å²) in [6.07, 6.45) is 0.683. The highest BCUT2D eigenvalue weighted by atomic mass is 16.6. The Morgan fingerprint density at radius 2 is 1.71 bits per heavy atom. The Balaban J connectivity index is 1.71. The molecule has 0 saturated carbocycles. The second-order valence-electron chi connectivity index (χ2n) is 9.61. The zero-order valence-corrected chi connectivity index (χ0v) is 20.7. The fourth-order valence-electron chi connectivity index (χ4n) is 4.02. The van der Waals surface area contributed by atoms with Gasteiger partial charge in [-0.15, -0.1) is 0 Å². The van der Waals surface area contributed by atoms with Gasteiger partial charge in [-0.3, -0.25) is 15.0 Å². The highest BCUT2D eigenvalue weighted by Gasteiger charge is 2.31. The van der Waals surface area contributed by atoms with E-state index in [0.29, 0.717) is 11.3 Å². The normalized spacial score (nSPS) is 15.4. The average Bonchev–Trinajstić information content (AvgIpc) is 2.79. The molecule has 1 fully saturated rings. The average molecular weight is 466 g/mol. The smallest absolute Gasteiger partial charge is 0.412 e. The Hall–Kier alpha value is -3.39. The van der Waals surface area contributed by atoms with Crippen LogP contribution >= 0.6 is 0 Å². The Kier molecular flexibility index (Phi) is 7.94. The first-order valence-electron chi connectivity index (χ1n) is 11.5. The Morgan fingerprint density at radius 1 is 1.06 bits per heavy atom. The first-order chi connectivity index (χ1) is 16.1. The minimum Gasteiger partial charge on any atom is -0.444 e. The van der Waals surface area contributed by atoms with E-state index < -0.39 is 11.7 Å². The largest absolute Gasteiger partial charge is 0.444 e. The molecule has 1 unspecified atom stereocenters. The van der Waals surface area contributed by atoms with Gasteiger partial charge in [0.2, 0.25) is 5.91 Å². The van der Waals surface area contributed by atoms with Crippen molar-refractivity contribution in [1.29, 1.82) is 5.41 Å². The maximum absolute atomic E-state index is 13.0. The molecule has 1 atom stereocenters. The lowest BCUT2D eigenvalue weighted by atomic mass is 10.0. The Morgan fingerprint density at radius 3 is 2.26 bits per heavy atom. The molecular formula is C26H35N5O3. The number of rotatable bonds is 6. The third kappa shape index (κ3) is 6.35. The molecule has 0 bridgehead atoms. The molecule has 0 aliphatic carbocycles. The molecule has 1 aliphatic rings. The van der Waals surface area contributed by atoms with Gasteiger partial charge in [0.15, 0.2) is 0 Å². The van der Waals surface area contributed by atoms with E-state index in [0.717, 1.165) is 37.4 Å².